The number of allylic oxidation sites excluding steroid dienone is 1. The molecule has 0 atom stereocenters. The van der Waals surface area contributed by atoms with Gasteiger partial charge in [0.2, 0.25) is 5.91 Å². The van der Waals surface area contributed by atoms with Crippen molar-refractivity contribution in [2.45, 2.75) is 13.3 Å². The van der Waals surface area contributed by atoms with Crippen LogP contribution in [0.5, 0.6) is 0 Å². The van der Waals surface area contributed by atoms with E-state index in [1.165, 1.54) is 0 Å². The highest BCUT2D eigenvalue weighted by atomic mass is 35.5. The van der Waals surface area contributed by atoms with Gasteiger partial charge in [-0.25, -0.2) is 0 Å². The van der Waals surface area contributed by atoms with Crippen LogP contribution in [0.15, 0.2) is 23.8 Å². The monoisotopic (exact) mass is 269 g/mol. The lowest BCUT2D eigenvalue weighted by Gasteiger charge is -2.07. The zero-order valence-corrected chi connectivity index (χ0v) is 10.5. The molecule has 1 aromatic rings. The maximum Gasteiger partial charge on any atom is 0.254 e. The van der Waals surface area contributed by atoms with Gasteiger partial charge >= 0.3 is 0 Å². The number of rotatable bonds is 1. The average Bonchev–Trinajstić information content (AvgIpc) is 2.57. The molecule has 1 saturated heterocycles. The van der Waals surface area contributed by atoms with Crippen LogP contribution < -0.4 is 5.32 Å². The molecular weight excluding hydrogens is 261 g/mol. The van der Waals surface area contributed by atoms with Crippen LogP contribution in [0.2, 0.25) is 10.0 Å². The number of imide groups is 1. The third-order valence-corrected chi connectivity index (χ3v) is 3.20. The molecule has 88 valence electrons. The maximum absolute atomic E-state index is 11.5. The highest BCUT2D eigenvalue weighted by molar-refractivity contribution is 6.36. The molecule has 1 aliphatic rings. The minimum absolute atomic E-state index is 0.101. The molecule has 1 aliphatic heterocycles. The number of amides is 2. The third-order valence-electron chi connectivity index (χ3n) is 2.65. The highest BCUT2D eigenvalue weighted by Crippen LogP contribution is 2.30. The summed E-state index contributed by atoms with van der Waals surface area (Å²) in [5.74, 6) is -0.632. The first-order valence-corrected chi connectivity index (χ1v) is 5.74. The lowest BCUT2D eigenvalue weighted by molar-refractivity contribution is -0.124. The van der Waals surface area contributed by atoms with E-state index in [0.29, 0.717) is 21.2 Å². The van der Waals surface area contributed by atoms with Crippen LogP contribution in [0, 0.1) is 0 Å². The average molecular weight is 270 g/mol. The van der Waals surface area contributed by atoms with Crippen molar-refractivity contribution < 1.29 is 9.59 Å². The van der Waals surface area contributed by atoms with Crippen LogP contribution >= 0.6 is 23.2 Å². The van der Waals surface area contributed by atoms with Crippen LogP contribution in [0.1, 0.15) is 18.9 Å². The Bertz CT molecular complexity index is 549. The van der Waals surface area contributed by atoms with Gasteiger partial charge < -0.3 is 0 Å². The van der Waals surface area contributed by atoms with Gasteiger partial charge in [-0.1, -0.05) is 29.3 Å². The summed E-state index contributed by atoms with van der Waals surface area (Å²) in [5, 5.41) is 3.24. The van der Waals surface area contributed by atoms with Crippen molar-refractivity contribution in [2.24, 2.45) is 0 Å². The lowest BCUT2D eigenvalue weighted by atomic mass is 10.0. The molecule has 0 aromatic heterocycles. The molecule has 17 heavy (non-hydrogen) atoms. The summed E-state index contributed by atoms with van der Waals surface area (Å²) in [4.78, 5) is 22.6. The Morgan fingerprint density at radius 2 is 2.00 bits per heavy atom. The first-order chi connectivity index (χ1) is 7.99. The van der Waals surface area contributed by atoms with E-state index in [4.69, 9.17) is 23.2 Å². The van der Waals surface area contributed by atoms with E-state index < -0.39 is 0 Å². The highest BCUT2D eigenvalue weighted by Gasteiger charge is 2.26. The number of benzene rings is 1. The minimum Gasteiger partial charge on any atom is -0.292 e. The SMILES string of the molecule is CC(=C1CC(=O)NC1=O)c1ccc(Cl)cc1Cl. The van der Waals surface area contributed by atoms with Gasteiger partial charge in [-0.2, -0.15) is 0 Å². The normalized spacial score (nSPS) is 18.3. The molecule has 1 fully saturated rings. The van der Waals surface area contributed by atoms with Gasteiger partial charge in [-0.05, 0) is 30.2 Å². The van der Waals surface area contributed by atoms with Crippen LogP contribution in [-0.4, -0.2) is 11.8 Å². The van der Waals surface area contributed by atoms with E-state index in [1.807, 2.05) is 0 Å². The molecule has 1 aromatic carbocycles. The molecule has 0 radical (unpaired) electrons. The fourth-order valence-corrected chi connectivity index (χ4v) is 2.30. The first kappa shape index (κ1) is 12.1. The standard InChI is InChI=1S/C12H9Cl2NO2/c1-6(9-5-11(16)15-12(9)17)8-3-2-7(13)4-10(8)14/h2-4H,5H2,1H3,(H,15,16,17). The number of halogens is 2. The molecule has 0 bridgehead atoms. The lowest BCUT2D eigenvalue weighted by Crippen LogP contribution is -2.19. The summed E-state index contributed by atoms with van der Waals surface area (Å²) in [6.45, 7) is 1.77. The zero-order chi connectivity index (χ0) is 12.6. The second-order valence-corrected chi connectivity index (χ2v) is 4.63. The van der Waals surface area contributed by atoms with Gasteiger partial charge in [0.25, 0.3) is 5.91 Å². The van der Waals surface area contributed by atoms with Crippen molar-refractivity contribution in [3.8, 4) is 0 Å². The Balaban J connectivity index is 2.50. The van der Waals surface area contributed by atoms with Crippen molar-refractivity contribution in [3.05, 3.63) is 39.4 Å². The molecule has 1 heterocycles. The predicted molar refractivity (Wildman–Crippen MR) is 66.8 cm³/mol. The van der Waals surface area contributed by atoms with E-state index in [0.717, 1.165) is 5.56 Å². The largest absolute Gasteiger partial charge is 0.292 e. The Morgan fingerprint density at radius 3 is 2.53 bits per heavy atom. The maximum atomic E-state index is 11.5. The van der Waals surface area contributed by atoms with E-state index in [1.54, 1.807) is 25.1 Å². The van der Waals surface area contributed by atoms with Crippen molar-refractivity contribution in [1.82, 2.24) is 5.32 Å². The van der Waals surface area contributed by atoms with Gasteiger partial charge in [-0.15, -0.1) is 0 Å². The molecule has 0 aliphatic carbocycles. The molecule has 3 nitrogen and oxygen atoms in total. The summed E-state index contributed by atoms with van der Waals surface area (Å²) in [6.07, 6.45) is 0.101. The van der Waals surface area contributed by atoms with Gasteiger partial charge in [0.05, 0.1) is 6.42 Å². The molecule has 5 heteroatoms. The molecule has 2 rings (SSSR count). The van der Waals surface area contributed by atoms with Crippen molar-refractivity contribution in [3.63, 3.8) is 0 Å². The predicted octanol–water partition coefficient (Wildman–Crippen LogP) is 2.81. The molecular formula is C12H9Cl2NO2. The molecule has 0 saturated carbocycles. The number of nitrogens with one attached hydrogen (secondary N) is 1. The summed E-state index contributed by atoms with van der Waals surface area (Å²) in [6, 6.07) is 5.04. The molecule has 2 amide bonds. The summed E-state index contributed by atoms with van der Waals surface area (Å²) < 4.78 is 0. The van der Waals surface area contributed by atoms with E-state index >= 15 is 0 Å². The van der Waals surface area contributed by atoms with Crippen LogP contribution in [0.25, 0.3) is 5.57 Å². The van der Waals surface area contributed by atoms with Gasteiger partial charge in [0, 0.05) is 15.6 Å². The van der Waals surface area contributed by atoms with E-state index in [9.17, 15) is 9.59 Å². The van der Waals surface area contributed by atoms with E-state index in [2.05, 4.69) is 5.32 Å². The van der Waals surface area contributed by atoms with Crippen molar-refractivity contribution >= 4 is 40.6 Å². The summed E-state index contributed by atoms with van der Waals surface area (Å²) >= 11 is 11.9. The molecule has 0 unspecified atom stereocenters. The van der Waals surface area contributed by atoms with Gasteiger partial charge in [-0.3, -0.25) is 14.9 Å². The minimum atomic E-state index is -0.349. The van der Waals surface area contributed by atoms with Crippen LogP contribution in [0.3, 0.4) is 0 Å². The Labute approximate surface area is 108 Å². The number of hydrogen-bond donors (Lipinski definition) is 1. The summed E-state index contributed by atoms with van der Waals surface area (Å²) in [7, 11) is 0. The smallest absolute Gasteiger partial charge is 0.254 e. The van der Waals surface area contributed by atoms with E-state index in [-0.39, 0.29) is 18.2 Å². The third kappa shape index (κ3) is 2.35. The van der Waals surface area contributed by atoms with Crippen LogP contribution in [0.4, 0.5) is 0 Å². The number of hydrogen-bond acceptors (Lipinski definition) is 2. The second-order valence-electron chi connectivity index (χ2n) is 3.78. The second kappa shape index (κ2) is 4.51. The van der Waals surface area contributed by atoms with Crippen LogP contribution in [-0.2, 0) is 9.59 Å². The first-order valence-electron chi connectivity index (χ1n) is 4.98. The fourth-order valence-electron chi connectivity index (χ4n) is 1.75. The topological polar surface area (TPSA) is 46.2 Å². The number of carbonyl (C=O) groups is 2. The number of carbonyl (C=O) groups excluding carboxylic acids is 2. The fraction of sp³-hybridized carbons (Fsp3) is 0.167. The van der Waals surface area contributed by atoms with Gasteiger partial charge in [0.15, 0.2) is 0 Å². The Hall–Kier alpha value is -1.32. The molecule has 1 N–H and O–H groups in total. The van der Waals surface area contributed by atoms with Crippen molar-refractivity contribution in [1.29, 1.82) is 0 Å². The Kier molecular flexibility index (Phi) is 3.22. The summed E-state index contributed by atoms with van der Waals surface area (Å²) in [5.41, 5.74) is 1.88. The van der Waals surface area contributed by atoms with Gasteiger partial charge in [0.1, 0.15) is 0 Å². The molecule has 0 spiro atoms. The Morgan fingerprint density at radius 1 is 1.29 bits per heavy atom. The zero-order valence-electron chi connectivity index (χ0n) is 9.01. The van der Waals surface area contributed by atoms with Crippen molar-refractivity contribution in [2.75, 3.05) is 0 Å². The quantitative estimate of drug-likeness (QED) is 0.630.